The van der Waals surface area contributed by atoms with Gasteiger partial charge in [0.25, 0.3) is 0 Å². The first-order chi connectivity index (χ1) is 14.2. The molecule has 0 radical (unpaired) electrons. The normalized spacial score (nSPS) is 50.4. The van der Waals surface area contributed by atoms with E-state index in [2.05, 4.69) is 5.32 Å². The van der Waals surface area contributed by atoms with Crippen LogP contribution in [0.15, 0.2) is 0 Å². The van der Waals surface area contributed by atoms with Gasteiger partial charge in [-0.15, -0.1) is 0 Å². The van der Waals surface area contributed by atoms with Crippen LogP contribution in [0.4, 0.5) is 0 Å². The standard InChI is InChI=1S/C19H38N4O7/c1-19(26)8-27-18(14(25)16(19)23-2)29-12-6-5-10(21)15(13(12)24)30-17-11(22)4-3-9(7-20)28-17/h9-18,23-26H,3-8,20-22H2,1-2H3. The van der Waals surface area contributed by atoms with E-state index in [-0.39, 0.29) is 18.8 Å². The first-order valence-electron chi connectivity index (χ1n) is 10.7. The molecule has 3 rings (SSSR count). The van der Waals surface area contributed by atoms with Crippen molar-refractivity contribution in [3.63, 3.8) is 0 Å². The van der Waals surface area contributed by atoms with Gasteiger partial charge < -0.3 is 56.8 Å². The van der Waals surface area contributed by atoms with E-state index in [1.165, 1.54) is 0 Å². The number of hydrogen-bond acceptors (Lipinski definition) is 11. The minimum atomic E-state index is -1.25. The van der Waals surface area contributed by atoms with Crippen LogP contribution in [0.3, 0.4) is 0 Å². The van der Waals surface area contributed by atoms with Crippen LogP contribution in [0.2, 0.25) is 0 Å². The number of hydrogen-bond donors (Lipinski definition) is 7. The molecule has 176 valence electrons. The minimum absolute atomic E-state index is 0.0201. The van der Waals surface area contributed by atoms with E-state index in [9.17, 15) is 15.3 Å². The fourth-order valence-electron chi connectivity index (χ4n) is 4.56. The van der Waals surface area contributed by atoms with E-state index in [1.54, 1.807) is 14.0 Å². The quantitative estimate of drug-likeness (QED) is 0.227. The predicted octanol–water partition coefficient (Wildman–Crippen LogP) is -2.91. The topological polar surface area (TPSA) is 188 Å². The van der Waals surface area contributed by atoms with Crippen LogP contribution in [0, 0.1) is 0 Å². The average molecular weight is 435 g/mol. The lowest BCUT2D eigenvalue weighted by Crippen LogP contribution is -2.66. The van der Waals surface area contributed by atoms with Gasteiger partial charge in [0.2, 0.25) is 0 Å². The summed E-state index contributed by atoms with van der Waals surface area (Å²) in [6, 6.07) is -1.40. The smallest absolute Gasteiger partial charge is 0.185 e. The van der Waals surface area contributed by atoms with Crippen LogP contribution >= 0.6 is 0 Å². The monoisotopic (exact) mass is 434 g/mol. The Morgan fingerprint density at radius 2 is 1.73 bits per heavy atom. The molecular formula is C19H38N4O7. The highest BCUT2D eigenvalue weighted by Crippen LogP contribution is 2.31. The highest BCUT2D eigenvalue weighted by Gasteiger charge is 2.49. The summed E-state index contributed by atoms with van der Waals surface area (Å²) >= 11 is 0. The molecule has 30 heavy (non-hydrogen) atoms. The van der Waals surface area contributed by atoms with Gasteiger partial charge in [0.05, 0.1) is 30.9 Å². The SMILES string of the molecule is CNC1C(O)C(OC2CCC(N)C(OC3OC(CN)CCC3N)C2O)OCC1(C)O. The lowest BCUT2D eigenvalue weighted by molar-refractivity contribution is -0.304. The zero-order chi connectivity index (χ0) is 22.1. The second-order valence-electron chi connectivity index (χ2n) is 8.90. The van der Waals surface area contributed by atoms with E-state index in [0.29, 0.717) is 25.8 Å². The summed E-state index contributed by atoms with van der Waals surface area (Å²) in [5, 5.41) is 34.8. The van der Waals surface area contributed by atoms with Crippen molar-refractivity contribution in [1.82, 2.24) is 5.32 Å². The zero-order valence-corrected chi connectivity index (χ0v) is 17.7. The molecule has 2 saturated heterocycles. The molecule has 2 aliphatic heterocycles. The van der Waals surface area contributed by atoms with Gasteiger partial charge in [-0.25, -0.2) is 0 Å². The van der Waals surface area contributed by atoms with Gasteiger partial charge in [-0.3, -0.25) is 0 Å². The Bertz CT molecular complexity index is 557. The number of likely N-dealkylation sites (N-methyl/N-ethyl adjacent to an activating group) is 1. The molecule has 0 amide bonds. The van der Waals surface area contributed by atoms with Crippen molar-refractivity contribution in [3.8, 4) is 0 Å². The molecule has 2 heterocycles. The molecular weight excluding hydrogens is 396 g/mol. The molecule has 0 aromatic carbocycles. The van der Waals surface area contributed by atoms with Crippen molar-refractivity contribution in [1.29, 1.82) is 0 Å². The van der Waals surface area contributed by atoms with Gasteiger partial charge >= 0.3 is 0 Å². The molecule has 3 aliphatic rings. The summed E-state index contributed by atoms with van der Waals surface area (Å²) in [6.07, 6.45) is -2.98. The van der Waals surface area contributed by atoms with Crippen molar-refractivity contribution < 1.29 is 34.3 Å². The molecule has 0 bridgehead atoms. The van der Waals surface area contributed by atoms with Crippen LogP contribution in [-0.2, 0) is 18.9 Å². The maximum absolute atomic E-state index is 10.9. The first-order valence-corrected chi connectivity index (χ1v) is 10.7. The highest BCUT2D eigenvalue weighted by atomic mass is 16.7. The number of rotatable bonds is 6. The molecule has 0 aromatic rings. The Labute approximate surface area is 177 Å². The van der Waals surface area contributed by atoms with Crippen LogP contribution in [0.25, 0.3) is 0 Å². The summed E-state index contributed by atoms with van der Waals surface area (Å²) in [6.45, 7) is 1.92. The average Bonchev–Trinajstić information content (AvgIpc) is 2.70. The predicted molar refractivity (Wildman–Crippen MR) is 107 cm³/mol. The van der Waals surface area contributed by atoms with Crippen molar-refractivity contribution in [3.05, 3.63) is 0 Å². The zero-order valence-electron chi connectivity index (χ0n) is 17.7. The number of aliphatic hydroxyl groups is 3. The van der Waals surface area contributed by atoms with Crippen molar-refractivity contribution in [2.24, 2.45) is 17.2 Å². The number of aliphatic hydroxyl groups excluding tert-OH is 2. The van der Waals surface area contributed by atoms with Gasteiger partial charge in [-0.05, 0) is 39.7 Å². The number of ether oxygens (including phenoxy) is 4. The van der Waals surface area contributed by atoms with Gasteiger partial charge in [-0.1, -0.05) is 0 Å². The summed E-state index contributed by atoms with van der Waals surface area (Å²) in [7, 11) is 1.64. The molecule has 0 aromatic heterocycles. The Balaban J connectivity index is 1.63. The molecule has 1 aliphatic carbocycles. The summed E-state index contributed by atoms with van der Waals surface area (Å²) in [5.41, 5.74) is 16.8. The summed E-state index contributed by atoms with van der Waals surface area (Å²) in [4.78, 5) is 0. The fraction of sp³-hybridized carbons (Fsp3) is 1.00. The highest BCUT2D eigenvalue weighted by molar-refractivity contribution is 4.99. The molecule has 11 nitrogen and oxygen atoms in total. The third-order valence-electron chi connectivity index (χ3n) is 6.43. The molecule has 1 saturated carbocycles. The Kier molecular flexibility index (Phi) is 8.07. The molecule has 10 N–H and O–H groups in total. The third kappa shape index (κ3) is 5.13. The van der Waals surface area contributed by atoms with Gasteiger partial charge in [0, 0.05) is 12.6 Å². The maximum Gasteiger partial charge on any atom is 0.185 e. The van der Waals surface area contributed by atoms with E-state index >= 15 is 0 Å². The van der Waals surface area contributed by atoms with E-state index < -0.39 is 54.7 Å². The van der Waals surface area contributed by atoms with Crippen LogP contribution in [0.5, 0.6) is 0 Å². The second-order valence-corrected chi connectivity index (χ2v) is 8.90. The van der Waals surface area contributed by atoms with Crippen molar-refractivity contribution >= 4 is 0 Å². The Hall–Kier alpha value is -0.440. The van der Waals surface area contributed by atoms with Crippen LogP contribution in [-0.4, -0.2) is 102 Å². The Morgan fingerprint density at radius 1 is 1.03 bits per heavy atom. The first kappa shape index (κ1) is 24.2. The van der Waals surface area contributed by atoms with Crippen LogP contribution in [0.1, 0.15) is 32.6 Å². The van der Waals surface area contributed by atoms with Crippen molar-refractivity contribution in [2.45, 2.75) is 99.4 Å². The number of nitrogens with two attached hydrogens (primary N) is 3. The summed E-state index contributed by atoms with van der Waals surface area (Å²) < 4.78 is 23.3. The van der Waals surface area contributed by atoms with Gasteiger partial charge in [-0.2, -0.15) is 0 Å². The van der Waals surface area contributed by atoms with Gasteiger partial charge in [0.1, 0.15) is 23.9 Å². The summed E-state index contributed by atoms with van der Waals surface area (Å²) in [5.74, 6) is 0. The Morgan fingerprint density at radius 3 is 2.40 bits per heavy atom. The minimum Gasteiger partial charge on any atom is -0.388 e. The van der Waals surface area contributed by atoms with Crippen LogP contribution < -0.4 is 22.5 Å². The number of nitrogens with one attached hydrogen (secondary N) is 1. The molecule has 11 heteroatoms. The van der Waals surface area contributed by atoms with Crippen molar-refractivity contribution in [2.75, 3.05) is 20.2 Å². The fourth-order valence-corrected chi connectivity index (χ4v) is 4.56. The largest absolute Gasteiger partial charge is 0.388 e. The third-order valence-corrected chi connectivity index (χ3v) is 6.43. The second kappa shape index (κ2) is 10.0. The van der Waals surface area contributed by atoms with E-state index in [4.69, 9.17) is 36.1 Å². The van der Waals surface area contributed by atoms with E-state index in [0.717, 1.165) is 6.42 Å². The molecule has 3 fully saturated rings. The maximum atomic E-state index is 10.9. The molecule has 11 unspecified atom stereocenters. The lowest BCUT2D eigenvalue weighted by atomic mass is 9.87. The molecule has 0 spiro atoms. The van der Waals surface area contributed by atoms with Gasteiger partial charge in [0.15, 0.2) is 12.6 Å². The molecule has 11 atom stereocenters. The van der Waals surface area contributed by atoms with E-state index in [1.807, 2.05) is 0 Å². The lowest BCUT2D eigenvalue weighted by Gasteiger charge is -2.47.